The normalized spacial score (nSPS) is 12.3. The van der Waals surface area contributed by atoms with E-state index in [-0.39, 0.29) is 35.4 Å². The van der Waals surface area contributed by atoms with Gasteiger partial charge in [0.2, 0.25) is 5.91 Å². The van der Waals surface area contributed by atoms with Gasteiger partial charge in [-0.1, -0.05) is 24.8 Å². The second kappa shape index (κ2) is 8.77. The van der Waals surface area contributed by atoms with E-state index in [1.165, 1.54) is 6.07 Å². The van der Waals surface area contributed by atoms with Gasteiger partial charge >= 0.3 is 0 Å². The van der Waals surface area contributed by atoms with E-state index in [1.807, 2.05) is 20.8 Å². The van der Waals surface area contributed by atoms with E-state index >= 15 is 0 Å². The van der Waals surface area contributed by atoms with Crippen LogP contribution in [-0.4, -0.2) is 26.2 Å². The fraction of sp³-hybridized carbons (Fsp3) is 0.350. The number of amides is 1. The molecule has 0 saturated heterocycles. The Morgan fingerprint density at radius 3 is 2.79 bits per heavy atom. The summed E-state index contributed by atoms with van der Waals surface area (Å²) in [6.07, 6.45) is 0.733. The van der Waals surface area contributed by atoms with Gasteiger partial charge in [-0.05, 0) is 32.4 Å². The highest BCUT2D eigenvalue weighted by Crippen LogP contribution is 2.22. The molecule has 9 heteroatoms. The molecule has 1 aromatic carbocycles. The number of hydrogen-bond acceptors (Lipinski definition) is 4. The van der Waals surface area contributed by atoms with Crippen LogP contribution in [0.1, 0.15) is 37.6 Å². The monoisotopic (exact) mass is 420 g/mol. The first-order valence-electron chi connectivity index (χ1n) is 9.25. The predicted molar refractivity (Wildman–Crippen MR) is 109 cm³/mol. The van der Waals surface area contributed by atoms with E-state index in [0.29, 0.717) is 16.2 Å². The molecule has 0 saturated carbocycles. The van der Waals surface area contributed by atoms with Crippen LogP contribution in [-0.2, 0) is 11.3 Å². The lowest BCUT2D eigenvalue weighted by Crippen LogP contribution is -2.28. The molecule has 0 aliphatic rings. The minimum Gasteiger partial charge on any atom is -0.353 e. The lowest BCUT2D eigenvalue weighted by Gasteiger charge is -2.17. The fourth-order valence-corrected chi connectivity index (χ4v) is 3.83. The van der Waals surface area contributed by atoms with Crippen molar-refractivity contribution < 1.29 is 13.6 Å². The van der Waals surface area contributed by atoms with Gasteiger partial charge in [0.25, 0.3) is 5.56 Å². The number of aromatic nitrogens is 3. The number of aromatic amines is 1. The number of nitrogens with one attached hydrogen (secondary N) is 2. The lowest BCUT2D eigenvalue weighted by atomic mass is 10.2. The third-order valence-corrected chi connectivity index (χ3v) is 5.59. The minimum atomic E-state index is -0.710. The van der Waals surface area contributed by atoms with Crippen LogP contribution >= 0.6 is 11.8 Å². The summed E-state index contributed by atoms with van der Waals surface area (Å²) in [7, 11) is 0. The van der Waals surface area contributed by atoms with Crippen molar-refractivity contribution in [1.29, 1.82) is 0 Å². The molecule has 0 fully saturated rings. The molecule has 2 N–H and O–H groups in total. The minimum absolute atomic E-state index is 0.0145. The van der Waals surface area contributed by atoms with Gasteiger partial charge in [0, 0.05) is 29.9 Å². The molecule has 0 aliphatic carbocycles. The summed E-state index contributed by atoms with van der Waals surface area (Å²) >= 11 is 1.15. The van der Waals surface area contributed by atoms with Gasteiger partial charge in [-0.25, -0.2) is 13.8 Å². The topological polar surface area (TPSA) is 79.8 Å². The zero-order chi connectivity index (χ0) is 21.1. The average molecular weight is 420 g/mol. The third kappa shape index (κ3) is 4.67. The van der Waals surface area contributed by atoms with Crippen LogP contribution in [0.4, 0.5) is 8.78 Å². The maximum absolute atomic E-state index is 13.7. The molecule has 1 atom stereocenters. The van der Waals surface area contributed by atoms with Gasteiger partial charge in [0.05, 0.1) is 11.3 Å². The molecule has 6 nitrogen and oxygen atoms in total. The van der Waals surface area contributed by atoms with Crippen molar-refractivity contribution in [3.63, 3.8) is 0 Å². The SMILES string of the molecule is CCC(C)n1c(SCC(=O)NCc2ccc(F)cc2F)nc2cc(C)[nH]c2c1=O. The fourth-order valence-electron chi connectivity index (χ4n) is 2.90. The van der Waals surface area contributed by atoms with E-state index in [2.05, 4.69) is 15.3 Å². The van der Waals surface area contributed by atoms with Gasteiger partial charge in [-0.15, -0.1) is 0 Å². The van der Waals surface area contributed by atoms with E-state index < -0.39 is 11.6 Å². The first kappa shape index (κ1) is 21.0. The van der Waals surface area contributed by atoms with Crippen molar-refractivity contribution in [1.82, 2.24) is 19.9 Å². The third-order valence-electron chi connectivity index (χ3n) is 4.64. The lowest BCUT2D eigenvalue weighted by molar-refractivity contribution is -0.118. The van der Waals surface area contributed by atoms with Crippen molar-refractivity contribution in [2.45, 2.75) is 44.9 Å². The number of carbonyl (C=O) groups excluding carboxylic acids is 1. The van der Waals surface area contributed by atoms with Crippen molar-refractivity contribution in [2.75, 3.05) is 5.75 Å². The number of nitrogens with zero attached hydrogens (tertiary/aromatic N) is 2. The Labute approximate surface area is 170 Å². The van der Waals surface area contributed by atoms with Gasteiger partial charge < -0.3 is 10.3 Å². The molecule has 0 radical (unpaired) electrons. The molecule has 154 valence electrons. The quantitative estimate of drug-likeness (QED) is 0.451. The second-order valence-electron chi connectivity index (χ2n) is 6.84. The molecule has 29 heavy (non-hydrogen) atoms. The molecule has 0 bridgehead atoms. The molecule has 2 aromatic heterocycles. The van der Waals surface area contributed by atoms with Crippen molar-refractivity contribution in [3.05, 3.63) is 57.5 Å². The molecule has 3 rings (SSSR count). The number of halogens is 2. The molecule has 2 heterocycles. The number of rotatable bonds is 7. The highest BCUT2D eigenvalue weighted by molar-refractivity contribution is 7.99. The zero-order valence-corrected chi connectivity index (χ0v) is 17.2. The first-order chi connectivity index (χ1) is 13.8. The highest BCUT2D eigenvalue weighted by atomic mass is 32.2. The van der Waals surface area contributed by atoms with Crippen molar-refractivity contribution >= 4 is 28.7 Å². The number of thioether (sulfide) groups is 1. The summed E-state index contributed by atoms with van der Waals surface area (Å²) in [5.74, 6) is -1.70. The van der Waals surface area contributed by atoms with Gasteiger partial charge in [0.1, 0.15) is 17.2 Å². The molecule has 1 amide bonds. The molecular weight excluding hydrogens is 398 g/mol. The smallest absolute Gasteiger partial charge is 0.278 e. The van der Waals surface area contributed by atoms with Crippen molar-refractivity contribution in [3.8, 4) is 0 Å². The van der Waals surface area contributed by atoms with Gasteiger partial charge in [-0.2, -0.15) is 0 Å². The number of H-pyrrole nitrogens is 1. The first-order valence-corrected chi connectivity index (χ1v) is 10.2. The maximum Gasteiger partial charge on any atom is 0.278 e. The van der Waals surface area contributed by atoms with E-state index in [4.69, 9.17) is 0 Å². The molecule has 1 unspecified atom stereocenters. The molecule has 0 aliphatic heterocycles. The standard InChI is InChI=1S/C20H22F2N4O2S/c1-4-12(3)26-19(28)18-16(7-11(2)24-18)25-20(26)29-10-17(27)23-9-13-5-6-14(21)8-15(13)22/h5-8,12,24H,4,9-10H2,1-3H3,(H,23,27). The average Bonchev–Trinajstić information content (AvgIpc) is 3.05. The summed E-state index contributed by atoms with van der Waals surface area (Å²) < 4.78 is 28.2. The van der Waals surface area contributed by atoms with Crippen LogP contribution in [0.3, 0.4) is 0 Å². The van der Waals surface area contributed by atoms with Crippen molar-refractivity contribution in [2.24, 2.45) is 0 Å². The number of hydrogen-bond donors (Lipinski definition) is 2. The maximum atomic E-state index is 13.7. The Kier molecular flexibility index (Phi) is 6.36. The molecular formula is C20H22F2N4O2S. The van der Waals surface area contributed by atoms with Crippen LogP contribution in [0.25, 0.3) is 11.0 Å². The molecule has 3 aromatic rings. The Morgan fingerprint density at radius 1 is 1.34 bits per heavy atom. The summed E-state index contributed by atoms with van der Waals surface area (Å²) in [6, 6.07) is 4.92. The Balaban J connectivity index is 1.75. The van der Waals surface area contributed by atoms with E-state index in [1.54, 1.807) is 10.6 Å². The van der Waals surface area contributed by atoms with Crippen LogP contribution in [0.5, 0.6) is 0 Å². The Bertz CT molecular complexity index is 1110. The number of carbonyl (C=O) groups is 1. The van der Waals surface area contributed by atoms with Crippen LogP contribution < -0.4 is 10.9 Å². The summed E-state index contributed by atoms with van der Waals surface area (Å²) in [5, 5.41) is 3.06. The van der Waals surface area contributed by atoms with Crippen LogP contribution in [0.15, 0.2) is 34.2 Å². The van der Waals surface area contributed by atoms with E-state index in [9.17, 15) is 18.4 Å². The zero-order valence-electron chi connectivity index (χ0n) is 16.4. The van der Waals surface area contributed by atoms with Crippen LogP contribution in [0, 0.1) is 18.6 Å². The number of aryl methyl sites for hydroxylation is 1. The summed E-state index contributed by atoms with van der Waals surface area (Å²) in [6.45, 7) is 5.70. The second-order valence-corrected chi connectivity index (χ2v) is 7.78. The Hall–Kier alpha value is -2.68. The molecule has 0 spiro atoms. The highest BCUT2D eigenvalue weighted by Gasteiger charge is 2.18. The predicted octanol–water partition coefficient (Wildman–Crippen LogP) is 3.69. The summed E-state index contributed by atoms with van der Waals surface area (Å²) in [5.41, 5.74) is 1.87. The van der Waals surface area contributed by atoms with Gasteiger partial charge in [0.15, 0.2) is 5.16 Å². The number of benzene rings is 1. The van der Waals surface area contributed by atoms with Gasteiger partial charge in [-0.3, -0.25) is 14.2 Å². The van der Waals surface area contributed by atoms with Crippen LogP contribution in [0.2, 0.25) is 0 Å². The largest absolute Gasteiger partial charge is 0.353 e. The van der Waals surface area contributed by atoms with E-state index in [0.717, 1.165) is 36.0 Å². The summed E-state index contributed by atoms with van der Waals surface area (Å²) in [4.78, 5) is 32.7. The number of fused-ring (bicyclic) bond motifs is 1. The Morgan fingerprint density at radius 2 is 2.10 bits per heavy atom.